The monoisotopic (exact) mass is 224 g/mol. The molecule has 0 aliphatic heterocycles. The van der Waals surface area contributed by atoms with Gasteiger partial charge in [0, 0.05) is 0 Å². The lowest BCUT2D eigenvalue weighted by Gasteiger charge is -2.42. The van der Waals surface area contributed by atoms with Crippen molar-refractivity contribution in [3.63, 3.8) is 0 Å². The van der Waals surface area contributed by atoms with Gasteiger partial charge in [0.2, 0.25) is 0 Å². The number of hydrogen-bond acceptors (Lipinski definition) is 0. The Morgan fingerprint density at radius 2 is 0.875 bits per heavy atom. The van der Waals surface area contributed by atoms with Crippen LogP contribution in [0.5, 0.6) is 0 Å². The zero-order valence-corrected chi connectivity index (χ0v) is 12.4. The summed E-state index contributed by atoms with van der Waals surface area (Å²) in [5, 5.41) is 0. The molecular formula is C16H32. The summed E-state index contributed by atoms with van der Waals surface area (Å²) in [6.07, 6.45) is 8.62. The fourth-order valence-electron chi connectivity index (χ4n) is 3.20. The van der Waals surface area contributed by atoms with Gasteiger partial charge >= 0.3 is 0 Å². The minimum atomic E-state index is 0.609. The third-order valence-corrected chi connectivity index (χ3v) is 5.78. The Labute approximate surface area is 103 Å². The lowest BCUT2D eigenvalue weighted by Crippen LogP contribution is -2.30. The third kappa shape index (κ3) is 3.02. The van der Waals surface area contributed by atoms with Crippen LogP contribution in [0.25, 0.3) is 0 Å². The summed E-state index contributed by atoms with van der Waals surface area (Å²) in [7, 11) is 0. The first-order valence-corrected chi connectivity index (χ1v) is 7.30. The minimum Gasteiger partial charge on any atom is -0.0623 e. The van der Waals surface area contributed by atoms with Crippen LogP contribution < -0.4 is 0 Å². The van der Waals surface area contributed by atoms with E-state index < -0.39 is 0 Å². The molecule has 16 heavy (non-hydrogen) atoms. The first-order valence-electron chi connectivity index (χ1n) is 7.30. The summed E-state index contributed by atoms with van der Waals surface area (Å²) in [6, 6.07) is 0. The molecular weight excluding hydrogens is 192 g/mol. The number of hydrogen-bond donors (Lipinski definition) is 0. The van der Waals surface area contributed by atoms with E-state index in [9.17, 15) is 0 Å². The van der Waals surface area contributed by atoms with Crippen molar-refractivity contribution in [3.8, 4) is 0 Å². The lowest BCUT2D eigenvalue weighted by molar-refractivity contribution is 0.0934. The molecule has 0 radical (unpaired) electrons. The van der Waals surface area contributed by atoms with Crippen molar-refractivity contribution in [2.75, 3.05) is 0 Å². The normalized spacial score (nSPS) is 37.5. The van der Waals surface area contributed by atoms with Crippen LogP contribution in [0.2, 0.25) is 0 Å². The molecule has 0 saturated heterocycles. The Hall–Kier alpha value is 0. The molecule has 0 bridgehead atoms. The molecule has 0 nitrogen and oxygen atoms in total. The molecule has 0 unspecified atom stereocenters. The van der Waals surface area contributed by atoms with Crippen molar-refractivity contribution in [2.45, 2.75) is 80.1 Å². The summed E-state index contributed by atoms with van der Waals surface area (Å²) >= 11 is 0. The first kappa shape index (κ1) is 14.1. The Morgan fingerprint density at radius 3 is 1.06 bits per heavy atom. The van der Waals surface area contributed by atoms with E-state index in [2.05, 4.69) is 41.5 Å². The van der Waals surface area contributed by atoms with Gasteiger partial charge in [-0.05, 0) is 48.3 Å². The van der Waals surface area contributed by atoms with Crippen molar-refractivity contribution >= 4 is 0 Å². The molecule has 0 spiro atoms. The Morgan fingerprint density at radius 1 is 0.625 bits per heavy atom. The first-order chi connectivity index (χ1) is 7.30. The highest BCUT2D eigenvalue weighted by Gasteiger charge is 2.34. The van der Waals surface area contributed by atoms with Gasteiger partial charge in [-0.15, -0.1) is 0 Å². The maximum absolute atomic E-state index is 2.51. The molecule has 0 heterocycles. The van der Waals surface area contributed by atoms with Gasteiger partial charge in [0.1, 0.15) is 0 Å². The molecule has 0 aromatic heterocycles. The average molecular weight is 224 g/mol. The van der Waals surface area contributed by atoms with Gasteiger partial charge < -0.3 is 0 Å². The van der Waals surface area contributed by atoms with Gasteiger partial charge in [0.15, 0.2) is 0 Å². The average Bonchev–Trinajstić information content (AvgIpc) is 2.14. The van der Waals surface area contributed by atoms with Crippen molar-refractivity contribution in [2.24, 2.45) is 22.7 Å². The molecule has 1 rings (SSSR count). The van der Waals surface area contributed by atoms with Crippen LogP contribution in [-0.4, -0.2) is 0 Å². The van der Waals surface area contributed by atoms with Crippen molar-refractivity contribution in [3.05, 3.63) is 0 Å². The van der Waals surface area contributed by atoms with E-state index >= 15 is 0 Å². The fraction of sp³-hybridized carbons (Fsp3) is 1.00. The van der Waals surface area contributed by atoms with E-state index in [0.717, 1.165) is 11.8 Å². The second-order valence-corrected chi connectivity index (χ2v) is 7.32. The van der Waals surface area contributed by atoms with Crippen LogP contribution in [0.1, 0.15) is 80.1 Å². The molecule has 1 saturated carbocycles. The number of rotatable bonds is 2. The summed E-state index contributed by atoms with van der Waals surface area (Å²) in [6.45, 7) is 14.6. The molecule has 0 amide bonds. The van der Waals surface area contributed by atoms with Crippen LogP contribution in [0.3, 0.4) is 0 Å². The van der Waals surface area contributed by atoms with Crippen molar-refractivity contribution < 1.29 is 0 Å². The van der Waals surface area contributed by atoms with E-state index in [1.807, 2.05) is 0 Å². The fourth-order valence-corrected chi connectivity index (χ4v) is 3.20. The van der Waals surface area contributed by atoms with E-state index in [0.29, 0.717) is 10.8 Å². The van der Waals surface area contributed by atoms with E-state index in [1.165, 1.54) is 38.5 Å². The van der Waals surface area contributed by atoms with Crippen molar-refractivity contribution in [1.82, 2.24) is 0 Å². The quantitative estimate of drug-likeness (QED) is 0.567. The predicted octanol–water partition coefficient (Wildman–Crippen LogP) is 5.67. The minimum absolute atomic E-state index is 0.609. The summed E-state index contributed by atoms with van der Waals surface area (Å²) < 4.78 is 0. The van der Waals surface area contributed by atoms with Crippen molar-refractivity contribution in [1.29, 1.82) is 0 Å². The highest BCUT2D eigenvalue weighted by molar-refractivity contribution is 4.86. The second kappa shape index (κ2) is 5.10. The Kier molecular flexibility index (Phi) is 4.49. The third-order valence-electron chi connectivity index (χ3n) is 5.78. The van der Waals surface area contributed by atoms with Crippen LogP contribution in [-0.2, 0) is 0 Å². The van der Waals surface area contributed by atoms with Gasteiger partial charge in [-0.1, -0.05) is 54.4 Å². The van der Waals surface area contributed by atoms with Crippen LogP contribution in [0, 0.1) is 22.7 Å². The van der Waals surface area contributed by atoms with E-state index in [4.69, 9.17) is 0 Å². The maximum Gasteiger partial charge on any atom is -0.0303 e. The van der Waals surface area contributed by atoms with Crippen LogP contribution >= 0.6 is 0 Å². The molecule has 0 aromatic carbocycles. The Bertz CT molecular complexity index is 180. The predicted molar refractivity (Wildman–Crippen MR) is 73.6 cm³/mol. The van der Waals surface area contributed by atoms with Gasteiger partial charge in [-0.3, -0.25) is 0 Å². The molecule has 96 valence electrons. The topological polar surface area (TPSA) is 0 Å². The maximum atomic E-state index is 2.51. The van der Waals surface area contributed by atoms with Gasteiger partial charge in [0.05, 0.1) is 0 Å². The van der Waals surface area contributed by atoms with Crippen LogP contribution in [0.15, 0.2) is 0 Å². The summed E-state index contributed by atoms with van der Waals surface area (Å²) in [5.74, 6) is 1.69. The highest BCUT2D eigenvalue weighted by Crippen LogP contribution is 2.46. The molecule has 1 aliphatic carbocycles. The van der Waals surface area contributed by atoms with Gasteiger partial charge in [-0.25, -0.2) is 0 Å². The SMILES string of the molecule is CC(C)C1(C)CCCC(C)(C(C)C)CCC1. The lowest BCUT2D eigenvalue weighted by atomic mass is 9.64. The van der Waals surface area contributed by atoms with Gasteiger partial charge in [0.25, 0.3) is 0 Å². The molecule has 1 fully saturated rings. The molecule has 0 atom stereocenters. The molecule has 0 heteroatoms. The highest BCUT2D eigenvalue weighted by atomic mass is 14.4. The van der Waals surface area contributed by atoms with Crippen LogP contribution in [0.4, 0.5) is 0 Å². The molecule has 0 N–H and O–H groups in total. The zero-order chi connectivity index (χ0) is 12.4. The smallest absolute Gasteiger partial charge is 0.0303 e. The Balaban J connectivity index is 2.63. The molecule has 0 aromatic rings. The van der Waals surface area contributed by atoms with E-state index in [-0.39, 0.29) is 0 Å². The van der Waals surface area contributed by atoms with Gasteiger partial charge in [-0.2, -0.15) is 0 Å². The second-order valence-electron chi connectivity index (χ2n) is 7.32. The largest absolute Gasteiger partial charge is 0.0623 e. The standard InChI is InChI=1S/C16H32/c1-13(2)15(5)9-7-11-16(6,14(3)4)12-8-10-15/h13-14H,7-12H2,1-6H3. The summed E-state index contributed by atoms with van der Waals surface area (Å²) in [5.41, 5.74) is 1.22. The molecule has 1 aliphatic rings. The van der Waals surface area contributed by atoms with E-state index in [1.54, 1.807) is 0 Å². The zero-order valence-electron chi connectivity index (χ0n) is 12.4. The summed E-state index contributed by atoms with van der Waals surface area (Å²) in [4.78, 5) is 0.